The molecule has 0 saturated carbocycles. The van der Waals surface area contributed by atoms with Gasteiger partial charge >= 0.3 is 0 Å². The number of hydrogen-bond donors (Lipinski definition) is 2. The van der Waals surface area contributed by atoms with Crippen LogP contribution < -0.4 is 5.32 Å². The van der Waals surface area contributed by atoms with Gasteiger partial charge in [0, 0.05) is 0 Å². The van der Waals surface area contributed by atoms with Gasteiger partial charge in [-0.05, 0) is 12.1 Å². The molecule has 0 saturated heterocycles. The molecule has 0 fully saturated rings. The van der Waals surface area contributed by atoms with Crippen molar-refractivity contribution in [3.05, 3.63) is 23.8 Å². The Morgan fingerprint density at radius 3 is 2.67 bits per heavy atom. The van der Waals surface area contributed by atoms with Gasteiger partial charge in [0.25, 0.3) is 0 Å². The van der Waals surface area contributed by atoms with Gasteiger partial charge in [-0.1, -0.05) is 6.07 Å². The topological polar surface area (TPSA) is 66.4 Å². The summed E-state index contributed by atoms with van der Waals surface area (Å²) in [5.74, 6) is -0.209. The van der Waals surface area contributed by atoms with Crippen LogP contribution in [-0.4, -0.2) is 17.8 Å². The number of aromatic hydroxyl groups is 1. The Hall–Kier alpha value is -1.84. The lowest BCUT2D eigenvalue weighted by molar-refractivity contribution is -0.105. The SMILES string of the molecule is O=CNc1cccc(C=O)c1O. The summed E-state index contributed by atoms with van der Waals surface area (Å²) in [5.41, 5.74) is 0.386. The van der Waals surface area contributed by atoms with Gasteiger partial charge in [0.2, 0.25) is 6.41 Å². The molecule has 12 heavy (non-hydrogen) atoms. The highest BCUT2D eigenvalue weighted by Crippen LogP contribution is 2.25. The molecule has 1 aromatic rings. The second-order valence-corrected chi connectivity index (χ2v) is 2.12. The number of para-hydroxylation sites is 1. The summed E-state index contributed by atoms with van der Waals surface area (Å²) in [6.07, 6.45) is 0.953. The van der Waals surface area contributed by atoms with E-state index in [1.54, 1.807) is 6.07 Å². The van der Waals surface area contributed by atoms with Gasteiger partial charge in [0.15, 0.2) is 6.29 Å². The van der Waals surface area contributed by atoms with Crippen molar-refractivity contribution in [1.29, 1.82) is 0 Å². The maximum absolute atomic E-state index is 10.3. The highest BCUT2D eigenvalue weighted by molar-refractivity contribution is 5.86. The Morgan fingerprint density at radius 1 is 1.33 bits per heavy atom. The number of phenolic OH excluding ortho intramolecular Hbond substituents is 1. The molecule has 62 valence electrons. The predicted molar refractivity (Wildman–Crippen MR) is 43.2 cm³/mol. The summed E-state index contributed by atoms with van der Waals surface area (Å²) in [4.78, 5) is 20.3. The first-order valence-electron chi connectivity index (χ1n) is 3.27. The third kappa shape index (κ3) is 1.42. The second kappa shape index (κ2) is 3.52. The van der Waals surface area contributed by atoms with Gasteiger partial charge in [-0.15, -0.1) is 0 Å². The number of aldehydes is 1. The monoisotopic (exact) mass is 165 g/mol. The van der Waals surface area contributed by atoms with Crippen molar-refractivity contribution < 1.29 is 14.7 Å². The number of carbonyl (C=O) groups is 2. The number of anilines is 1. The molecule has 4 nitrogen and oxygen atoms in total. The molecular weight excluding hydrogens is 158 g/mol. The van der Waals surface area contributed by atoms with Crippen LogP contribution >= 0.6 is 0 Å². The first-order valence-corrected chi connectivity index (χ1v) is 3.27. The molecule has 4 heteroatoms. The molecule has 2 N–H and O–H groups in total. The quantitative estimate of drug-likeness (QED) is 0.513. The van der Waals surface area contributed by atoms with E-state index in [1.165, 1.54) is 12.1 Å². The number of hydrogen-bond acceptors (Lipinski definition) is 3. The minimum atomic E-state index is -0.209. The highest BCUT2D eigenvalue weighted by atomic mass is 16.3. The molecule has 0 radical (unpaired) electrons. The molecule has 0 bridgehead atoms. The maximum atomic E-state index is 10.3. The predicted octanol–water partition coefficient (Wildman–Crippen LogP) is 0.773. The maximum Gasteiger partial charge on any atom is 0.211 e. The third-order valence-corrected chi connectivity index (χ3v) is 1.41. The number of rotatable bonds is 3. The van der Waals surface area contributed by atoms with E-state index in [9.17, 15) is 14.7 Å². The lowest BCUT2D eigenvalue weighted by Crippen LogP contribution is -1.95. The van der Waals surface area contributed by atoms with E-state index in [0.29, 0.717) is 12.7 Å². The van der Waals surface area contributed by atoms with Gasteiger partial charge in [-0.3, -0.25) is 9.59 Å². The van der Waals surface area contributed by atoms with Gasteiger partial charge in [-0.25, -0.2) is 0 Å². The molecule has 1 aromatic carbocycles. The fraction of sp³-hybridized carbons (Fsp3) is 0. The molecule has 0 atom stereocenters. The zero-order chi connectivity index (χ0) is 8.97. The fourth-order valence-corrected chi connectivity index (χ4v) is 0.836. The van der Waals surface area contributed by atoms with E-state index in [1.807, 2.05) is 0 Å². The van der Waals surface area contributed by atoms with Crippen molar-refractivity contribution in [2.75, 3.05) is 5.32 Å². The van der Waals surface area contributed by atoms with Gasteiger partial charge < -0.3 is 10.4 Å². The van der Waals surface area contributed by atoms with Gasteiger partial charge in [0.05, 0.1) is 11.3 Å². The smallest absolute Gasteiger partial charge is 0.211 e. The number of nitrogens with one attached hydrogen (secondary N) is 1. The van der Waals surface area contributed by atoms with Crippen molar-refractivity contribution in [3.8, 4) is 5.75 Å². The Labute approximate surface area is 68.8 Å². The number of phenols is 1. The van der Waals surface area contributed by atoms with Crippen LogP contribution in [0.25, 0.3) is 0 Å². The van der Waals surface area contributed by atoms with Crippen molar-refractivity contribution in [2.24, 2.45) is 0 Å². The Morgan fingerprint density at radius 2 is 2.08 bits per heavy atom. The summed E-state index contributed by atoms with van der Waals surface area (Å²) >= 11 is 0. The highest BCUT2D eigenvalue weighted by Gasteiger charge is 2.03. The van der Waals surface area contributed by atoms with Crippen LogP contribution in [-0.2, 0) is 4.79 Å². The molecule has 0 aliphatic carbocycles. The standard InChI is InChI=1S/C8H7NO3/c10-4-6-2-1-3-7(8(6)12)9-5-11/h1-5,12H,(H,9,11). The second-order valence-electron chi connectivity index (χ2n) is 2.12. The number of carbonyl (C=O) groups excluding carboxylic acids is 2. The summed E-state index contributed by atoms with van der Waals surface area (Å²) in [6, 6.07) is 4.52. The normalized spacial score (nSPS) is 9.00. The zero-order valence-corrected chi connectivity index (χ0v) is 6.15. The molecule has 0 aliphatic heterocycles. The van der Waals surface area contributed by atoms with Crippen molar-refractivity contribution in [1.82, 2.24) is 0 Å². The fourth-order valence-electron chi connectivity index (χ4n) is 0.836. The Kier molecular flexibility index (Phi) is 2.42. The van der Waals surface area contributed by atoms with Crippen LogP contribution in [0.4, 0.5) is 5.69 Å². The number of benzene rings is 1. The zero-order valence-electron chi connectivity index (χ0n) is 6.15. The average Bonchev–Trinajstić information content (AvgIpc) is 2.09. The van der Waals surface area contributed by atoms with Crippen molar-refractivity contribution in [3.63, 3.8) is 0 Å². The van der Waals surface area contributed by atoms with E-state index >= 15 is 0 Å². The van der Waals surface area contributed by atoms with E-state index < -0.39 is 0 Å². The van der Waals surface area contributed by atoms with Crippen molar-refractivity contribution >= 4 is 18.4 Å². The van der Waals surface area contributed by atoms with Crippen LogP contribution in [0.1, 0.15) is 10.4 Å². The van der Waals surface area contributed by atoms with Crippen LogP contribution in [0.2, 0.25) is 0 Å². The van der Waals surface area contributed by atoms with Crippen LogP contribution in [0.5, 0.6) is 5.75 Å². The van der Waals surface area contributed by atoms with E-state index in [0.717, 1.165) is 0 Å². The summed E-state index contributed by atoms with van der Waals surface area (Å²) in [7, 11) is 0. The molecule has 0 spiro atoms. The van der Waals surface area contributed by atoms with Gasteiger partial charge in [0.1, 0.15) is 5.75 Å². The summed E-state index contributed by atoms with van der Waals surface area (Å²) < 4.78 is 0. The molecule has 0 aromatic heterocycles. The minimum absolute atomic E-state index is 0.154. The van der Waals surface area contributed by atoms with E-state index in [2.05, 4.69) is 5.32 Å². The summed E-state index contributed by atoms with van der Waals surface area (Å²) in [5, 5.41) is 11.5. The summed E-state index contributed by atoms with van der Waals surface area (Å²) in [6.45, 7) is 0. The first kappa shape index (κ1) is 8.26. The molecule has 1 rings (SSSR count). The lowest BCUT2D eigenvalue weighted by atomic mass is 10.2. The minimum Gasteiger partial charge on any atom is -0.505 e. The molecular formula is C8H7NO3. The Balaban J connectivity index is 3.12. The van der Waals surface area contributed by atoms with Crippen LogP contribution in [0.15, 0.2) is 18.2 Å². The largest absolute Gasteiger partial charge is 0.505 e. The van der Waals surface area contributed by atoms with Gasteiger partial charge in [-0.2, -0.15) is 0 Å². The average molecular weight is 165 g/mol. The Bertz CT molecular complexity index is 309. The van der Waals surface area contributed by atoms with Crippen LogP contribution in [0, 0.1) is 0 Å². The van der Waals surface area contributed by atoms with Crippen LogP contribution in [0.3, 0.4) is 0 Å². The lowest BCUT2D eigenvalue weighted by Gasteiger charge is -2.02. The number of amides is 1. The molecule has 1 amide bonds. The third-order valence-electron chi connectivity index (χ3n) is 1.41. The molecule has 0 aliphatic rings. The molecule has 0 heterocycles. The first-order chi connectivity index (χ1) is 5.79. The van der Waals surface area contributed by atoms with E-state index in [4.69, 9.17) is 0 Å². The molecule has 0 unspecified atom stereocenters. The van der Waals surface area contributed by atoms with E-state index in [-0.39, 0.29) is 17.0 Å². The van der Waals surface area contributed by atoms with Crippen molar-refractivity contribution in [2.45, 2.75) is 0 Å².